The molecule has 5 aromatic heterocycles. The molecule has 0 aliphatic heterocycles. The van der Waals surface area contributed by atoms with Gasteiger partial charge in [-0.05, 0) is 53.6 Å². The number of rotatable bonds is 9. The van der Waals surface area contributed by atoms with Gasteiger partial charge >= 0.3 is 0 Å². The molecule has 0 saturated heterocycles. The van der Waals surface area contributed by atoms with Crippen molar-refractivity contribution in [3.05, 3.63) is 207 Å². The monoisotopic (exact) mass is 770 g/mol. The lowest BCUT2D eigenvalue weighted by molar-refractivity contribution is 1.07. The molecule has 0 amide bonds. The average molecular weight is 771 g/mol. The highest BCUT2D eigenvalue weighted by Crippen LogP contribution is 2.36. The van der Waals surface area contributed by atoms with Gasteiger partial charge in [0.15, 0.2) is 23.3 Å². The van der Waals surface area contributed by atoms with E-state index in [4.69, 9.17) is 39.9 Å². The number of pyridine rings is 3. The molecule has 0 saturated carbocycles. The minimum absolute atomic E-state index is 0.556. The predicted molar refractivity (Wildman–Crippen MR) is 238 cm³/mol. The molecule has 282 valence electrons. The van der Waals surface area contributed by atoms with E-state index in [0.29, 0.717) is 40.4 Å². The van der Waals surface area contributed by atoms with Gasteiger partial charge in [0.25, 0.3) is 0 Å². The molecule has 0 bridgehead atoms. The van der Waals surface area contributed by atoms with Crippen molar-refractivity contribution in [1.29, 1.82) is 0 Å². The zero-order valence-electron chi connectivity index (χ0n) is 32.2. The van der Waals surface area contributed by atoms with Crippen LogP contribution in [0.2, 0.25) is 0 Å². The van der Waals surface area contributed by atoms with Crippen molar-refractivity contribution >= 4 is 0 Å². The molecule has 0 aliphatic carbocycles. The lowest BCUT2D eigenvalue weighted by atomic mass is 9.97. The molecule has 0 spiro atoms. The van der Waals surface area contributed by atoms with Crippen LogP contribution in [0.3, 0.4) is 0 Å². The Bertz CT molecular complexity index is 2960. The molecule has 0 unspecified atom stereocenters. The zero-order chi connectivity index (χ0) is 40.1. The molecule has 10 rings (SSSR count). The largest absolute Gasteiger partial charge is 0.255 e. The van der Waals surface area contributed by atoms with Crippen LogP contribution in [0, 0.1) is 0 Å². The number of benzene rings is 5. The van der Waals surface area contributed by atoms with Crippen molar-refractivity contribution in [1.82, 2.24) is 39.9 Å². The van der Waals surface area contributed by atoms with E-state index in [-0.39, 0.29) is 0 Å². The minimum Gasteiger partial charge on any atom is -0.255 e. The van der Waals surface area contributed by atoms with Gasteiger partial charge in [-0.2, -0.15) is 0 Å². The Morgan fingerprint density at radius 1 is 0.217 bits per heavy atom. The third-order valence-corrected chi connectivity index (χ3v) is 10.1. The molecule has 8 nitrogen and oxygen atoms in total. The minimum atomic E-state index is 0.556. The highest BCUT2D eigenvalue weighted by molar-refractivity contribution is 5.85. The molecule has 8 heteroatoms. The molecule has 0 aliphatic rings. The predicted octanol–water partition coefficient (Wildman–Crippen LogP) is 11.8. The molecule has 0 atom stereocenters. The van der Waals surface area contributed by atoms with Gasteiger partial charge in [0.05, 0.1) is 34.2 Å². The lowest BCUT2D eigenvalue weighted by Crippen LogP contribution is -2.01. The first-order chi connectivity index (χ1) is 29.7. The summed E-state index contributed by atoms with van der Waals surface area (Å²) in [5.41, 5.74) is 11.7. The molecule has 5 heterocycles. The van der Waals surface area contributed by atoms with Gasteiger partial charge in [-0.15, -0.1) is 0 Å². The summed E-state index contributed by atoms with van der Waals surface area (Å²) in [5.74, 6) is 2.33. The van der Waals surface area contributed by atoms with Crippen molar-refractivity contribution in [2.24, 2.45) is 0 Å². The van der Waals surface area contributed by atoms with E-state index in [0.717, 1.165) is 61.6 Å². The van der Waals surface area contributed by atoms with E-state index < -0.39 is 0 Å². The van der Waals surface area contributed by atoms with Crippen molar-refractivity contribution in [2.75, 3.05) is 0 Å². The number of aromatic nitrogens is 8. The summed E-state index contributed by atoms with van der Waals surface area (Å²) in [4.78, 5) is 40.0. The van der Waals surface area contributed by atoms with Gasteiger partial charge in [0.2, 0.25) is 0 Å². The summed E-state index contributed by atoms with van der Waals surface area (Å²) < 4.78 is 0. The Kier molecular flexibility index (Phi) is 9.75. The number of hydrogen-bond acceptors (Lipinski definition) is 8. The Morgan fingerprint density at radius 2 is 0.667 bits per heavy atom. The Labute approximate surface area is 347 Å². The number of nitrogens with zero attached hydrogens (tertiary/aromatic N) is 8. The van der Waals surface area contributed by atoms with Crippen LogP contribution in [0.4, 0.5) is 0 Å². The summed E-state index contributed by atoms with van der Waals surface area (Å²) in [6, 6.07) is 64.4. The van der Waals surface area contributed by atoms with Crippen LogP contribution >= 0.6 is 0 Å². The van der Waals surface area contributed by atoms with E-state index in [1.54, 1.807) is 12.4 Å². The Hall–Kier alpha value is -8.36. The van der Waals surface area contributed by atoms with Gasteiger partial charge in [0, 0.05) is 45.8 Å². The maximum absolute atomic E-state index is 5.17. The maximum atomic E-state index is 5.17. The molecule has 60 heavy (non-hydrogen) atoms. The first-order valence-electron chi connectivity index (χ1n) is 19.6. The number of hydrogen-bond donors (Lipinski definition) is 0. The first-order valence-corrected chi connectivity index (χ1v) is 19.6. The standard InChI is InChI=1S/C52H34N8/c1-5-17-35(18-6-1)44-34-45(36-19-7-2-8-20-36)57-51(56-44)39-28-30-54-46(31-39)48-33-40(32-47(55-48)43-27-15-16-29-53-43)41-25-13-14-26-42(41)52-59-49(37-21-9-3-10-22-37)58-50(60-52)38-23-11-4-12-24-38/h1-34H. The van der Waals surface area contributed by atoms with E-state index >= 15 is 0 Å². The quantitative estimate of drug-likeness (QED) is 0.143. The molecule has 10 aromatic rings. The van der Waals surface area contributed by atoms with Crippen molar-refractivity contribution in [2.45, 2.75) is 0 Å². The van der Waals surface area contributed by atoms with Crippen molar-refractivity contribution in [3.63, 3.8) is 0 Å². The summed E-state index contributed by atoms with van der Waals surface area (Å²) in [5, 5.41) is 0. The maximum Gasteiger partial charge on any atom is 0.164 e. The summed E-state index contributed by atoms with van der Waals surface area (Å²) in [6.07, 6.45) is 3.56. The second kappa shape index (κ2) is 16.2. The normalized spacial score (nSPS) is 11.0. The average Bonchev–Trinajstić information content (AvgIpc) is 3.35. The molecule has 0 radical (unpaired) electrons. The van der Waals surface area contributed by atoms with Gasteiger partial charge in [0.1, 0.15) is 0 Å². The van der Waals surface area contributed by atoms with E-state index in [1.165, 1.54) is 0 Å². The fourth-order valence-electron chi connectivity index (χ4n) is 7.12. The molecular formula is C52H34N8. The third kappa shape index (κ3) is 7.56. The van der Waals surface area contributed by atoms with Crippen LogP contribution in [0.1, 0.15) is 0 Å². The Balaban J connectivity index is 1.13. The smallest absolute Gasteiger partial charge is 0.164 e. The van der Waals surface area contributed by atoms with Crippen LogP contribution in [0.25, 0.3) is 102 Å². The molecule has 0 N–H and O–H groups in total. The Morgan fingerprint density at radius 3 is 1.23 bits per heavy atom. The van der Waals surface area contributed by atoms with Crippen LogP contribution in [0.15, 0.2) is 207 Å². The second-order valence-corrected chi connectivity index (χ2v) is 14.0. The topological polar surface area (TPSA) is 103 Å². The second-order valence-electron chi connectivity index (χ2n) is 14.0. The SMILES string of the molecule is c1ccc(-c2cc(-c3ccccc3)nc(-c3ccnc(-c4cc(-c5ccccc5-c5nc(-c6ccccc6)nc(-c6ccccc6)n5)cc(-c5ccccn5)n4)c3)n2)cc1. The molecule has 0 fully saturated rings. The molecular weight excluding hydrogens is 737 g/mol. The van der Waals surface area contributed by atoms with Gasteiger partial charge < -0.3 is 0 Å². The molecule has 5 aromatic carbocycles. The van der Waals surface area contributed by atoms with E-state index in [2.05, 4.69) is 48.5 Å². The van der Waals surface area contributed by atoms with Crippen molar-refractivity contribution in [3.8, 4) is 102 Å². The lowest BCUT2D eigenvalue weighted by Gasteiger charge is -2.14. The summed E-state index contributed by atoms with van der Waals surface area (Å²) in [7, 11) is 0. The van der Waals surface area contributed by atoms with Gasteiger partial charge in [-0.25, -0.2) is 29.9 Å². The fraction of sp³-hybridized carbons (Fsp3) is 0. The highest BCUT2D eigenvalue weighted by Gasteiger charge is 2.19. The van der Waals surface area contributed by atoms with Gasteiger partial charge in [-0.1, -0.05) is 152 Å². The van der Waals surface area contributed by atoms with E-state index in [9.17, 15) is 0 Å². The van der Waals surface area contributed by atoms with Crippen molar-refractivity contribution < 1.29 is 0 Å². The highest BCUT2D eigenvalue weighted by atomic mass is 15.0. The van der Waals surface area contributed by atoms with Crippen LogP contribution < -0.4 is 0 Å². The third-order valence-electron chi connectivity index (χ3n) is 10.1. The van der Waals surface area contributed by atoms with Crippen LogP contribution in [0.5, 0.6) is 0 Å². The van der Waals surface area contributed by atoms with Gasteiger partial charge in [-0.3, -0.25) is 9.97 Å². The zero-order valence-corrected chi connectivity index (χ0v) is 32.2. The first kappa shape index (κ1) is 36.0. The van der Waals surface area contributed by atoms with Crippen LogP contribution in [-0.4, -0.2) is 39.9 Å². The van der Waals surface area contributed by atoms with Crippen LogP contribution in [-0.2, 0) is 0 Å². The summed E-state index contributed by atoms with van der Waals surface area (Å²) in [6.45, 7) is 0. The fourth-order valence-corrected chi connectivity index (χ4v) is 7.12. The summed E-state index contributed by atoms with van der Waals surface area (Å²) >= 11 is 0. The van der Waals surface area contributed by atoms with E-state index in [1.807, 2.05) is 146 Å².